The van der Waals surface area contributed by atoms with Gasteiger partial charge < -0.3 is 0 Å². The van der Waals surface area contributed by atoms with Crippen LogP contribution in [0.1, 0.15) is 11.6 Å². The minimum absolute atomic E-state index is 0.174. The lowest BCUT2D eigenvalue weighted by Crippen LogP contribution is -2.30. The summed E-state index contributed by atoms with van der Waals surface area (Å²) in [4.78, 5) is 5.84. The average Bonchev–Trinajstić information content (AvgIpc) is 2.91. The van der Waals surface area contributed by atoms with E-state index in [0.29, 0.717) is 4.90 Å². The van der Waals surface area contributed by atoms with Gasteiger partial charge in [0.05, 0.1) is 17.5 Å². The number of sulfone groups is 1. The number of rotatable bonds is 3. The topological polar surface area (TPSA) is 46.6 Å². The molecule has 1 aliphatic heterocycles. The Morgan fingerprint density at radius 3 is 2.19 bits per heavy atom. The fourth-order valence-corrected chi connectivity index (χ4v) is 4.51. The van der Waals surface area contributed by atoms with Crippen molar-refractivity contribution >= 4 is 9.84 Å². The third-order valence-corrected chi connectivity index (χ3v) is 5.92. The standard InChI is InChI=1S/C16H17NO3S/c1-17-16(13-8-4-2-5-9-13)15(12-20-17)21(18,19)14-10-6-3-7-11-14/h2-11,15-16H,12H2,1H3/t15-,16-/m1/s1. The fourth-order valence-electron chi connectivity index (χ4n) is 2.72. The van der Waals surface area contributed by atoms with Crippen LogP contribution in [0.25, 0.3) is 0 Å². The summed E-state index contributed by atoms with van der Waals surface area (Å²) in [5.41, 5.74) is 0.946. The maximum absolute atomic E-state index is 12.9. The third kappa shape index (κ3) is 2.60. The van der Waals surface area contributed by atoms with Crippen molar-refractivity contribution in [1.82, 2.24) is 5.06 Å². The van der Waals surface area contributed by atoms with E-state index >= 15 is 0 Å². The Labute approximate surface area is 124 Å². The third-order valence-electron chi connectivity index (χ3n) is 3.80. The molecule has 0 N–H and O–H groups in total. The van der Waals surface area contributed by atoms with Gasteiger partial charge in [0.15, 0.2) is 9.84 Å². The summed E-state index contributed by atoms with van der Waals surface area (Å²) in [6.07, 6.45) is 0. The van der Waals surface area contributed by atoms with Crippen LogP contribution in [0.3, 0.4) is 0 Å². The van der Waals surface area contributed by atoms with Crippen LogP contribution in [0.15, 0.2) is 65.6 Å². The summed E-state index contributed by atoms with van der Waals surface area (Å²) in [5.74, 6) is 0. The Morgan fingerprint density at radius 1 is 1.00 bits per heavy atom. The highest BCUT2D eigenvalue weighted by Gasteiger charge is 2.43. The van der Waals surface area contributed by atoms with E-state index in [-0.39, 0.29) is 12.6 Å². The van der Waals surface area contributed by atoms with Gasteiger partial charge in [0.25, 0.3) is 0 Å². The number of benzene rings is 2. The molecule has 0 unspecified atom stereocenters. The first kappa shape index (κ1) is 14.3. The van der Waals surface area contributed by atoms with Gasteiger partial charge in [-0.05, 0) is 17.7 Å². The maximum Gasteiger partial charge on any atom is 0.185 e. The van der Waals surface area contributed by atoms with Crippen LogP contribution in [0.4, 0.5) is 0 Å². The normalized spacial score (nSPS) is 23.3. The van der Waals surface area contributed by atoms with Gasteiger partial charge in [0.1, 0.15) is 5.25 Å². The van der Waals surface area contributed by atoms with Crippen molar-refractivity contribution < 1.29 is 13.3 Å². The van der Waals surface area contributed by atoms with Crippen molar-refractivity contribution in [2.24, 2.45) is 0 Å². The Balaban J connectivity index is 2.01. The fraction of sp³-hybridized carbons (Fsp3) is 0.250. The first-order chi connectivity index (χ1) is 10.1. The van der Waals surface area contributed by atoms with E-state index in [4.69, 9.17) is 4.84 Å². The van der Waals surface area contributed by atoms with E-state index < -0.39 is 15.1 Å². The number of hydroxylamine groups is 2. The van der Waals surface area contributed by atoms with Crippen LogP contribution in [-0.2, 0) is 14.7 Å². The molecule has 4 nitrogen and oxygen atoms in total. The molecule has 21 heavy (non-hydrogen) atoms. The van der Waals surface area contributed by atoms with E-state index in [1.165, 1.54) is 0 Å². The second-order valence-corrected chi connectivity index (χ2v) is 7.26. The molecule has 1 aliphatic rings. The minimum Gasteiger partial charge on any atom is -0.297 e. The van der Waals surface area contributed by atoms with Crippen LogP contribution in [0, 0.1) is 0 Å². The molecule has 0 aromatic heterocycles. The van der Waals surface area contributed by atoms with Gasteiger partial charge in [0.2, 0.25) is 0 Å². The molecule has 110 valence electrons. The molecule has 0 spiro atoms. The van der Waals surface area contributed by atoms with Crippen molar-refractivity contribution in [1.29, 1.82) is 0 Å². The molecule has 5 heteroatoms. The van der Waals surface area contributed by atoms with Crippen LogP contribution < -0.4 is 0 Å². The Hall–Kier alpha value is -1.69. The average molecular weight is 303 g/mol. The van der Waals surface area contributed by atoms with Crippen molar-refractivity contribution in [2.75, 3.05) is 13.7 Å². The Bertz CT molecular complexity index is 701. The summed E-state index contributed by atoms with van der Waals surface area (Å²) in [7, 11) is -1.66. The van der Waals surface area contributed by atoms with Crippen molar-refractivity contribution in [3.8, 4) is 0 Å². The second-order valence-electron chi connectivity index (χ2n) is 5.09. The molecule has 2 atom stereocenters. The summed E-state index contributed by atoms with van der Waals surface area (Å²) in [6, 6.07) is 17.9. The van der Waals surface area contributed by atoms with E-state index in [1.54, 1.807) is 36.4 Å². The number of hydrogen-bond acceptors (Lipinski definition) is 4. The lowest BCUT2D eigenvalue weighted by Gasteiger charge is -2.22. The smallest absolute Gasteiger partial charge is 0.185 e. The second kappa shape index (κ2) is 5.60. The summed E-state index contributed by atoms with van der Waals surface area (Å²) in [6.45, 7) is 0.174. The molecular formula is C16H17NO3S. The van der Waals surface area contributed by atoms with E-state index in [9.17, 15) is 8.42 Å². The highest BCUT2D eigenvalue weighted by atomic mass is 32.2. The molecule has 2 aromatic carbocycles. The SMILES string of the molecule is CN1OC[C@@H](S(=O)(=O)c2ccccc2)[C@H]1c1ccccc1. The molecule has 0 saturated carbocycles. The lowest BCUT2D eigenvalue weighted by atomic mass is 10.0. The molecule has 0 radical (unpaired) electrons. The summed E-state index contributed by atoms with van der Waals surface area (Å²) >= 11 is 0. The monoisotopic (exact) mass is 303 g/mol. The van der Waals surface area contributed by atoms with Crippen LogP contribution in [0.5, 0.6) is 0 Å². The molecule has 1 fully saturated rings. The molecule has 0 amide bonds. The van der Waals surface area contributed by atoms with Gasteiger partial charge in [-0.15, -0.1) is 0 Å². The molecule has 2 aromatic rings. The number of nitrogens with zero attached hydrogens (tertiary/aromatic N) is 1. The van der Waals surface area contributed by atoms with E-state index in [0.717, 1.165) is 5.56 Å². The summed E-state index contributed by atoms with van der Waals surface area (Å²) in [5, 5.41) is 1.04. The van der Waals surface area contributed by atoms with Gasteiger partial charge >= 0.3 is 0 Å². The van der Waals surface area contributed by atoms with Crippen molar-refractivity contribution in [3.63, 3.8) is 0 Å². The predicted molar refractivity (Wildman–Crippen MR) is 80.3 cm³/mol. The van der Waals surface area contributed by atoms with E-state index in [1.807, 2.05) is 36.4 Å². The first-order valence-corrected chi connectivity index (χ1v) is 8.35. The highest BCUT2D eigenvalue weighted by molar-refractivity contribution is 7.92. The van der Waals surface area contributed by atoms with Crippen molar-refractivity contribution in [3.05, 3.63) is 66.2 Å². The van der Waals surface area contributed by atoms with Gasteiger partial charge in [-0.1, -0.05) is 48.5 Å². The zero-order valence-electron chi connectivity index (χ0n) is 11.7. The first-order valence-electron chi connectivity index (χ1n) is 6.80. The highest BCUT2D eigenvalue weighted by Crippen LogP contribution is 2.36. The van der Waals surface area contributed by atoms with Crippen LogP contribution in [-0.4, -0.2) is 32.4 Å². The predicted octanol–water partition coefficient (Wildman–Crippen LogP) is 2.45. The molecule has 0 bridgehead atoms. The Morgan fingerprint density at radius 2 is 1.57 bits per heavy atom. The zero-order chi connectivity index (χ0) is 14.9. The largest absolute Gasteiger partial charge is 0.297 e. The molecular weight excluding hydrogens is 286 g/mol. The molecule has 1 heterocycles. The van der Waals surface area contributed by atoms with Gasteiger partial charge in [0, 0.05) is 7.05 Å². The summed E-state index contributed by atoms with van der Waals surface area (Å²) < 4.78 is 25.7. The van der Waals surface area contributed by atoms with Crippen LogP contribution in [0.2, 0.25) is 0 Å². The lowest BCUT2D eigenvalue weighted by molar-refractivity contribution is -0.110. The van der Waals surface area contributed by atoms with Gasteiger partial charge in [-0.2, -0.15) is 5.06 Å². The van der Waals surface area contributed by atoms with Crippen LogP contribution >= 0.6 is 0 Å². The zero-order valence-corrected chi connectivity index (χ0v) is 12.5. The Kier molecular flexibility index (Phi) is 3.80. The van der Waals surface area contributed by atoms with Gasteiger partial charge in [-0.25, -0.2) is 8.42 Å². The van der Waals surface area contributed by atoms with E-state index in [2.05, 4.69) is 0 Å². The molecule has 1 saturated heterocycles. The number of hydrogen-bond donors (Lipinski definition) is 0. The molecule has 0 aliphatic carbocycles. The van der Waals surface area contributed by atoms with Gasteiger partial charge in [-0.3, -0.25) is 4.84 Å². The van der Waals surface area contributed by atoms with Crippen molar-refractivity contribution in [2.45, 2.75) is 16.2 Å². The molecule has 3 rings (SSSR count). The minimum atomic E-state index is -3.44. The maximum atomic E-state index is 12.9. The quantitative estimate of drug-likeness (QED) is 0.874.